The smallest absolute Gasteiger partial charge is 0.225 e. The standard InChI is InChI=1S/C17H28N4/c1-2-4-13-6-7-16-15(9-13)11-19-17(20-16)21-8-3-5-14(10-18)12-21/h11,13-14H,2-10,12,18H2,1H3. The van der Waals surface area contributed by atoms with Gasteiger partial charge >= 0.3 is 0 Å². The van der Waals surface area contributed by atoms with Gasteiger partial charge in [0.25, 0.3) is 0 Å². The molecule has 0 aromatic carbocycles. The van der Waals surface area contributed by atoms with Crippen LogP contribution in [0.2, 0.25) is 0 Å². The van der Waals surface area contributed by atoms with Crippen molar-refractivity contribution in [1.29, 1.82) is 0 Å². The van der Waals surface area contributed by atoms with Crippen LogP contribution < -0.4 is 10.6 Å². The molecule has 0 amide bonds. The van der Waals surface area contributed by atoms with E-state index in [-0.39, 0.29) is 0 Å². The molecule has 21 heavy (non-hydrogen) atoms. The maximum atomic E-state index is 5.83. The van der Waals surface area contributed by atoms with Crippen molar-refractivity contribution in [2.45, 2.75) is 51.9 Å². The van der Waals surface area contributed by atoms with Crippen LogP contribution in [0.3, 0.4) is 0 Å². The Labute approximate surface area is 128 Å². The summed E-state index contributed by atoms with van der Waals surface area (Å²) in [5.74, 6) is 2.38. The lowest BCUT2D eigenvalue weighted by molar-refractivity contribution is 0.410. The number of piperidine rings is 1. The van der Waals surface area contributed by atoms with Crippen molar-refractivity contribution in [2.24, 2.45) is 17.6 Å². The van der Waals surface area contributed by atoms with Gasteiger partial charge in [0, 0.05) is 25.0 Å². The molecule has 0 radical (unpaired) electrons. The summed E-state index contributed by atoms with van der Waals surface area (Å²) in [5, 5.41) is 0. The highest BCUT2D eigenvalue weighted by Crippen LogP contribution is 2.28. The quantitative estimate of drug-likeness (QED) is 0.925. The number of hydrogen-bond acceptors (Lipinski definition) is 4. The molecule has 1 aromatic rings. The minimum atomic E-state index is 0.604. The second-order valence-corrected chi connectivity index (χ2v) is 6.73. The van der Waals surface area contributed by atoms with E-state index in [0.717, 1.165) is 37.9 Å². The van der Waals surface area contributed by atoms with Gasteiger partial charge in [-0.05, 0) is 56.0 Å². The summed E-state index contributed by atoms with van der Waals surface area (Å²) in [6.07, 6.45) is 10.8. The van der Waals surface area contributed by atoms with Gasteiger partial charge in [-0.15, -0.1) is 0 Å². The Kier molecular flexibility index (Phi) is 4.73. The van der Waals surface area contributed by atoms with E-state index in [9.17, 15) is 0 Å². The average Bonchev–Trinajstić information content (AvgIpc) is 2.55. The number of nitrogens with zero attached hydrogens (tertiary/aromatic N) is 3. The Balaban J connectivity index is 1.71. The van der Waals surface area contributed by atoms with E-state index < -0.39 is 0 Å². The van der Waals surface area contributed by atoms with Crippen molar-refractivity contribution in [3.63, 3.8) is 0 Å². The van der Waals surface area contributed by atoms with E-state index in [1.165, 1.54) is 49.8 Å². The molecule has 1 aliphatic carbocycles. The normalized spacial score (nSPS) is 25.7. The average molecular weight is 288 g/mol. The number of anilines is 1. The first-order valence-electron chi connectivity index (χ1n) is 8.60. The third-order valence-electron chi connectivity index (χ3n) is 5.07. The van der Waals surface area contributed by atoms with Crippen molar-refractivity contribution < 1.29 is 0 Å². The van der Waals surface area contributed by atoms with Crippen LogP contribution in [-0.4, -0.2) is 29.6 Å². The highest BCUT2D eigenvalue weighted by Gasteiger charge is 2.24. The van der Waals surface area contributed by atoms with Crippen molar-refractivity contribution in [1.82, 2.24) is 9.97 Å². The van der Waals surface area contributed by atoms with Gasteiger partial charge in [-0.1, -0.05) is 19.8 Å². The maximum absolute atomic E-state index is 5.83. The van der Waals surface area contributed by atoms with Gasteiger partial charge in [0.2, 0.25) is 5.95 Å². The predicted molar refractivity (Wildman–Crippen MR) is 86.4 cm³/mol. The summed E-state index contributed by atoms with van der Waals surface area (Å²) in [6, 6.07) is 0. The third-order valence-corrected chi connectivity index (χ3v) is 5.07. The second-order valence-electron chi connectivity index (χ2n) is 6.73. The van der Waals surface area contributed by atoms with E-state index in [2.05, 4.69) is 23.0 Å². The first-order valence-corrected chi connectivity index (χ1v) is 8.60. The molecule has 4 nitrogen and oxygen atoms in total. The van der Waals surface area contributed by atoms with Crippen molar-refractivity contribution in [2.75, 3.05) is 24.5 Å². The van der Waals surface area contributed by atoms with Crippen LogP contribution in [0.5, 0.6) is 0 Å². The van der Waals surface area contributed by atoms with Crippen LogP contribution in [0.25, 0.3) is 0 Å². The molecule has 0 saturated carbocycles. The van der Waals surface area contributed by atoms with Gasteiger partial charge in [-0.25, -0.2) is 9.97 Å². The zero-order valence-corrected chi connectivity index (χ0v) is 13.2. The molecule has 4 heteroatoms. The molecule has 1 aromatic heterocycles. The summed E-state index contributed by atoms with van der Waals surface area (Å²) in [6.45, 7) is 5.15. The lowest BCUT2D eigenvalue weighted by atomic mass is 9.85. The van der Waals surface area contributed by atoms with E-state index in [4.69, 9.17) is 10.7 Å². The molecule has 2 atom stereocenters. The fourth-order valence-electron chi connectivity index (χ4n) is 3.82. The zero-order chi connectivity index (χ0) is 14.7. The largest absolute Gasteiger partial charge is 0.340 e. The highest BCUT2D eigenvalue weighted by atomic mass is 15.3. The molecule has 0 spiro atoms. The SMILES string of the molecule is CCCC1CCc2nc(N3CCCC(CN)C3)ncc2C1. The fraction of sp³-hybridized carbons (Fsp3) is 0.765. The van der Waals surface area contributed by atoms with E-state index >= 15 is 0 Å². The predicted octanol–water partition coefficient (Wildman–Crippen LogP) is 2.56. The van der Waals surface area contributed by atoms with Crippen LogP contribution in [0.4, 0.5) is 5.95 Å². The molecule has 0 bridgehead atoms. The molecular formula is C17H28N4. The topological polar surface area (TPSA) is 55.0 Å². The lowest BCUT2D eigenvalue weighted by Crippen LogP contribution is -2.39. The fourth-order valence-corrected chi connectivity index (χ4v) is 3.82. The van der Waals surface area contributed by atoms with Crippen molar-refractivity contribution in [3.8, 4) is 0 Å². The molecule has 116 valence electrons. The van der Waals surface area contributed by atoms with Crippen LogP contribution in [0, 0.1) is 11.8 Å². The van der Waals surface area contributed by atoms with Gasteiger partial charge in [-0.3, -0.25) is 0 Å². The molecule has 1 fully saturated rings. The first kappa shape index (κ1) is 14.8. The van der Waals surface area contributed by atoms with Gasteiger partial charge in [0.15, 0.2) is 0 Å². The van der Waals surface area contributed by atoms with Crippen molar-refractivity contribution >= 4 is 5.95 Å². The summed E-state index contributed by atoms with van der Waals surface area (Å²) >= 11 is 0. The van der Waals surface area contributed by atoms with E-state index in [1.807, 2.05) is 0 Å². The Morgan fingerprint density at radius 1 is 1.33 bits per heavy atom. The van der Waals surface area contributed by atoms with E-state index in [1.54, 1.807) is 0 Å². The van der Waals surface area contributed by atoms with Gasteiger partial charge in [0.1, 0.15) is 0 Å². The van der Waals surface area contributed by atoms with E-state index in [0.29, 0.717) is 5.92 Å². The number of hydrogen-bond donors (Lipinski definition) is 1. The molecular weight excluding hydrogens is 260 g/mol. The number of fused-ring (bicyclic) bond motifs is 1. The minimum Gasteiger partial charge on any atom is -0.340 e. The summed E-state index contributed by atoms with van der Waals surface area (Å²) in [7, 11) is 0. The van der Waals surface area contributed by atoms with Crippen LogP contribution in [-0.2, 0) is 12.8 Å². The molecule has 1 saturated heterocycles. The Hall–Kier alpha value is -1.16. The second kappa shape index (κ2) is 6.73. The Bertz CT molecular complexity index is 474. The molecule has 3 rings (SSSR count). The highest BCUT2D eigenvalue weighted by molar-refractivity contribution is 5.35. The van der Waals surface area contributed by atoms with Crippen LogP contribution in [0.15, 0.2) is 6.20 Å². The zero-order valence-electron chi connectivity index (χ0n) is 13.2. The monoisotopic (exact) mass is 288 g/mol. The summed E-state index contributed by atoms with van der Waals surface area (Å²) in [4.78, 5) is 11.9. The van der Waals surface area contributed by atoms with Gasteiger partial charge in [-0.2, -0.15) is 0 Å². The number of aryl methyl sites for hydroxylation is 1. The summed E-state index contributed by atoms with van der Waals surface area (Å²) in [5.41, 5.74) is 8.51. The Morgan fingerprint density at radius 3 is 3.05 bits per heavy atom. The third kappa shape index (κ3) is 3.37. The molecule has 2 aliphatic rings. The molecule has 2 heterocycles. The number of aromatic nitrogens is 2. The minimum absolute atomic E-state index is 0.604. The Morgan fingerprint density at radius 2 is 2.24 bits per heavy atom. The van der Waals surface area contributed by atoms with Crippen LogP contribution in [0.1, 0.15) is 50.3 Å². The molecule has 2 N–H and O–H groups in total. The van der Waals surface area contributed by atoms with Crippen molar-refractivity contribution in [3.05, 3.63) is 17.5 Å². The summed E-state index contributed by atoms with van der Waals surface area (Å²) < 4.78 is 0. The maximum Gasteiger partial charge on any atom is 0.225 e. The first-order chi connectivity index (χ1) is 10.3. The number of rotatable bonds is 4. The number of nitrogens with two attached hydrogens (primary N) is 1. The molecule has 2 unspecified atom stereocenters. The van der Waals surface area contributed by atoms with Gasteiger partial charge in [0.05, 0.1) is 0 Å². The lowest BCUT2D eigenvalue weighted by Gasteiger charge is -2.33. The van der Waals surface area contributed by atoms with Crippen LogP contribution >= 0.6 is 0 Å². The molecule has 1 aliphatic heterocycles. The van der Waals surface area contributed by atoms with Gasteiger partial charge < -0.3 is 10.6 Å².